The van der Waals surface area contributed by atoms with Gasteiger partial charge in [0.2, 0.25) is 0 Å². The molecule has 2 heterocycles. The third-order valence-electron chi connectivity index (χ3n) is 7.31. The van der Waals surface area contributed by atoms with E-state index in [9.17, 15) is 9.59 Å². The first kappa shape index (κ1) is 27.3. The Morgan fingerprint density at radius 1 is 0.947 bits per heavy atom. The molecule has 4 rings (SSSR count). The number of amides is 2. The largest absolute Gasteiger partial charge is 0.399 e. The lowest BCUT2D eigenvalue weighted by Gasteiger charge is -2.38. The minimum Gasteiger partial charge on any atom is -0.399 e. The summed E-state index contributed by atoms with van der Waals surface area (Å²) in [4.78, 5) is 30.5. The minimum atomic E-state index is -0.243. The summed E-state index contributed by atoms with van der Waals surface area (Å²) < 4.78 is 0. The second-order valence-corrected chi connectivity index (χ2v) is 11.5. The molecule has 4 N–H and O–H groups in total. The molecule has 38 heavy (non-hydrogen) atoms. The monoisotopic (exact) mass is 513 g/mol. The van der Waals surface area contributed by atoms with Crippen molar-refractivity contribution in [3.05, 3.63) is 77.1 Å². The standard InChI is InChI=1S/C31H39N5O2/c1-19-8-7-9-20(2)36(19)35-30(38)23-12-10-22(11-13-23)28-17-27(18-33-21(28)3)34-29(37)24-14-25(31(4,5)6)16-26(32)15-24/h10-20H,7-9,32H2,1-6H3,(H,34,37)(H,35,38). The topological polar surface area (TPSA) is 100 Å². The first-order chi connectivity index (χ1) is 17.9. The Kier molecular flexibility index (Phi) is 7.88. The van der Waals surface area contributed by atoms with Crippen LogP contribution in [0.1, 0.15) is 85.9 Å². The summed E-state index contributed by atoms with van der Waals surface area (Å²) in [6.07, 6.45) is 5.00. The van der Waals surface area contributed by atoms with E-state index >= 15 is 0 Å². The molecule has 2 aromatic carbocycles. The summed E-state index contributed by atoms with van der Waals surface area (Å²) in [5.74, 6) is -0.350. The van der Waals surface area contributed by atoms with Crippen molar-refractivity contribution in [1.82, 2.24) is 15.4 Å². The molecule has 2 unspecified atom stereocenters. The van der Waals surface area contributed by atoms with Gasteiger partial charge >= 0.3 is 0 Å². The second kappa shape index (κ2) is 11.0. The van der Waals surface area contributed by atoms with Crippen LogP contribution in [0.5, 0.6) is 0 Å². The Balaban J connectivity index is 1.50. The molecule has 0 aliphatic carbocycles. The molecule has 0 spiro atoms. The molecule has 0 saturated carbocycles. The van der Waals surface area contributed by atoms with E-state index in [0.29, 0.717) is 34.6 Å². The number of nitrogens with zero attached hydrogens (tertiary/aromatic N) is 2. The van der Waals surface area contributed by atoms with Crippen molar-refractivity contribution in [2.75, 3.05) is 11.1 Å². The fourth-order valence-corrected chi connectivity index (χ4v) is 4.94. The van der Waals surface area contributed by atoms with Gasteiger partial charge in [-0.25, -0.2) is 5.01 Å². The van der Waals surface area contributed by atoms with E-state index in [1.54, 1.807) is 12.3 Å². The van der Waals surface area contributed by atoms with Crippen molar-refractivity contribution in [3.8, 4) is 11.1 Å². The van der Waals surface area contributed by atoms with Crippen LogP contribution in [0.2, 0.25) is 0 Å². The Hall–Kier alpha value is -3.71. The number of aromatic nitrogens is 1. The van der Waals surface area contributed by atoms with Crippen molar-refractivity contribution in [1.29, 1.82) is 0 Å². The quantitative estimate of drug-likeness (QED) is 0.358. The number of nitrogens with one attached hydrogen (secondary N) is 2. The third kappa shape index (κ3) is 6.22. The highest BCUT2D eigenvalue weighted by atomic mass is 16.2. The lowest BCUT2D eigenvalue weighted by atomic mass is 9.85. The average Bonchev–Trinajstić information content (AvgIpc) is 2.86. The number of nitrogens with two attached hydrogens (primary N) is 1. The molecule has 3 aromatic rings. The first-order valence-corrected chi connectivity index (χ1v) is 13.3. The van der Waals surface area contributed by atoms with E-state index in [2.05, 4.69) is 55.4 Å². The summed E-state index contributed by atoms with van der Waals surface area (Å²) >= 11 is 0. The van der Waals surface area contributed by atoms with Gasteiger partial charge in [-0.1, -0.05) is 39.3 Å². The second-order valence-electron chi connectivity index (χ2n) is 11.5. The van der Waals surface area contributed by atoms with Crippen LogP contribution in [-0.2, 0) is 5.41 Å². The molecule has 1 fully saturated rings. The highest BCUT2D eigenvalue weighted by molar-refractivity contribution is 6.05. The molecule has 1 aromatic heterocycles. The van der Waals surface area contributed by atoms with E-state index in [1.807, 2.05) is 49.4 Å². The van der Waals surface area contributed by atoms with Gasteiger partial charge in [0.05, 0.1) is 11.9 Å². The Morgan fingerprint density at radius 3 is 2.24 bits per heavy atom. The molecule has 7 nitrogen and oxygen atoms in total. The van der Waals surface area contributed by atoms with Crippen LogP contribution in [0.4, 0.5) is 11.4 Å². The Morgan fingerprint density at radius 2 is 1.61 bits per heavy atom. The Bertz CT molecular complexity index is 1320. The SMILES string of the molecule is Cc1ncc(NC(=O)c2cc(N)cc(C(C)(C)C)c2)cc1-c1ccc(C(=O)NN2C(C)CCCC2C)cc1. The predicted octanol–water partition coefficient (Wildman–Crippen LogP) is 6.10. The van der Waals surface area contributed by atoms with Gasteiger partial charge in [-0.05, 0) is 86.6 Å². The number of hydrogen-bond acceptors (Lipinski definition) is 5. The lowest BCUT2D eigenvalue weighted by Crippen LogP contribution is -2.54. The van der Waals surface area contributed by atoms with Crippen molar-refractivity contribution < 1.29 is 9.59 Å². The molecule has 1 aliphatic heterocycles. The van der Waals surface area contributed by atoms with E-state index in [-0.39, 0.29) is 17.2 Å². The van der Waals surface area contributed by atoms with E-state index in [1.165, 1.54) is 6.42 Å². The summed E-state index contributed by atoms with van der Waals surface area (Å²) in [7, 11) is 0. The zero-order chi connectivity index (χ0) is 27.6. The molecule has 2 atom stereocenters. The number of aryl methyl sites for hydroxylation is 1. The molecular formula is C31H39N5O2. The zero-order valence-corrected chi connectivity index (χ0v) is 23.3. The number of hydrazine groups is 1. The highest BCUT2D eigenvalue weighted by Crippen LogP contribution is 2.28. The number of rotatable bonds is 5. The van der Waals surface area contributed by atoms with Gasteiger partial charge in [0.25, 0.3) is 11.8 Å². The molecule has 0 bridgehead atoms. The molecule has 1 saturated heterocycles. The fourth-order valence-electron chi connectivity index (χ4n) is 4.94. The molecular weight excluding hydrogens is 474 g/mol. The average molecular weight is 514 g/mol. The lowest BCUT2D eigenvalue weighted by molar-refractivity contribution is 0.0370. The van der Waals surface area contributed by atoms with Crippen LogP contribution in [0.25, 0.3) is 11.1 Å². The summed E-state index contributed by atoms with van der Waals surface area (Å²) in [5, 5.41) is 5.03. The van der Waals surface area contributed by atoms with E-state index in [4.69, 9.17) is 5.73 Å². The summed E-state index contributed by atoms with van der Waals surface area (Å²) in [6.45, 7) is 12.5. The van der Waals surface area contributed by atoms with E-state index in [0.717, 1.165) is 35.2 Å². The van der Waals surface area contributed by atoms with Gasteiger partial charge in [-0.15, -0.1) is 0 Å². The molecule has 0 radical (unpaired) electrons. The predicted molar refractivity (Wildman–Crippen MR) is 154 cm³/mol. The highest BCUT2D eigenvalue weighted by Gasteiger charge is 2.26. The maximum Gasteiger partial charge on any atom is 0.265 e. The smallest absolute Gasteiger partial charge is 0.265 e. The maximum absolute atomic E-state index is 13.1. The molecule has 2 amide bonds. The van der Waals surface area contributed by atoms with Crippen LogP contribution in [0.3, 0.4) is 0 Å². The first-order valence-electron chi connectivity index (χ1n) is 13.3. The summed E-state index contributed by atoms with van der Waals surface area (Å²) in [6, 6.07) is 15.5. The van der Waals surface area contributed by atoms with Crippen LogP contribution in [-0.4, -0.2) is 33.9 Å². The van der Waals surface area contributed by atoms with Gasteiger partial charge in [0.15, 0.2) is 0 Å². The van der Waals surface area contributed by atoms with Gasteiger partial charge in [0.1, 0.15) is 0 Å². The van der Waals surface area contributed by atoms with Crippen molar-refractivity contribution >= 4 is 23.2 Å². The van der Waals surface area contributed by atoms with Gasteiger partial charge in [-0.3, -0.25) is 20.0 Å². The number of piperidine rings is 1. The third-order valence-corrected chi connectivity index (χ3v) is 7.31. The van der Waals surface area contributed by atoms with Gasteiger partial charge in [-0.2, -0.15) is 0 Å². The number of carbonyl (C=O) groups excluding carboxylic acids is 2. The maximum atomic E-state index is 13.1. The number of benzene rings is 2. The van der Waals surface area contributed by atoms with Crippen molar-refractivity contribution in [2.24, 2.45) is 0 Å². The molecule has 200 valence electrons. The van der Waals surface area contributed by atoms with Crippen LogP contribution in [0, 0.1) is 6.92 Å². The van der Waals surface area contributed by atoms with Crippen molar-refractivity contribution in [2.45, 2.75) is 78.3 Å². The van der Waals surface area contributed by atoms with Crippen LogP contribution < -0.4 is 16.5 Å². The zero-order valence-electron chi connectivity index (χ0n) is 23.3. The minimum absolute atomic E-state index is 0.107. The number of pyridine rings is 1. The number of anilines is 2. The summed E-state index contributed by atoms with van der Waals surface area (Å²) in [5.41, 5.74) is 14.9. The Labute approximate surface area is 225 Å². The van der Waals surface area contributed by atoms with Crippen molar-refractivity contribution in [3.63, 3.8) is 0 Å². The number of carbonyl (C=O) groups is 2. The van der Waals surface area contributed by atoms with Gasteiger partial charge < -0.3 is 11.1 Å². The molecule has 1 aliphatic rings. The fraction of sp³-hybridized carbons (Fsp3) is 0.387. The number of nitrogen functional groups attached to an aromatic ring is 1. The molecule has 7 heteroatoms. The van der Waals surface area contributed by atoms with Gasteiger partial charge in [0, 0.05) is 40.2 Å². The van der Waals surface area contributed by atoms with Crippen LogP contribution >= 0.6 is 0 Å². The van der Waals surface area contributed by atoms with Crippen LogP contribution in [0.15, 0.2) is 54.7 Å². The normalized spacial score (nSPS) is 18.2. The number of hydrogen-bond donors (Lipinski definition) is 3. The van der Waals surface area contributed by atoms with E-state index < -0.39 is 0 Å².